The van der Waals surface area contributed by atoms with E-state index in [0.717, 1.165) is 0 Å². The number of anilines is 2. The predicted molar refractivity (Wildman–Crippen MR) is 99.8 cm³/mol. The Balaban J connectivity index is 1.45. The van der Waals surface area contributed by atoms with Crippen LogP contribution in [0.3, 0.4) is 0 Å². The summed E-state index contributed by atoms with van der Waals surface area (Å²) in [4.78, 5) is 36.9. The average molecular weight is 434 g/mol. The molecule has 0 bridgehead atoms. The summed E-state index contributed by atoms with van der Waals surface area (Å²) >= 11 is 0. The van der Waals surface area contributed by atoms with Gasteiger partial charge in [-0.15, -0.1) is 0 Å². The van der Waals surface area contributed by atoms with Crippen molar-refractivity contribution in [1.29, 1.82) is 0 Å². The third kappa shape index (κ3) is 4.01. The zero-order valence-electron chi connectivity index (χ0n) is 15.8. The average Bonchev–Trinajstić information content (AvgIpc) is 3.42. The van der Waals surface area contributed by atoms with Gasteiger partial charge in [0.05, 0.1) is 24.5 Å². The normalized spacial score (nSPS) is 11.7. The number of hydrogen-bond donors (Lipinski definition) is 1. The highest BCUT2D eigenvalue weighted by Crippen LogP contribution is 2.29. The van der Waals surface area contributed by atoms with Crippen LogP contribution in [0.4, 0.5) is 24.5 Å². The summed E-state index contributed by atoms with van der Waals surface area (Å²) in [6.45, 7) is 0.379. The highest BCUT2D eigenvalue weighted by atomic mass is 19.4. The van der Waals surface area contributed by atoms with Crippen LogP contribution in [0.1, 0.15) is 17.3 Å². The Morgan fingerprint density at radius 3 is 2.55 bits per heavy atom. The number of hydrogen-bond acceptors (Lipinski definition) is 10. The Kier molecular flexibility index (Phi) is 5.01. The maximum Gasteiger partial charge on any atom is 0.471 e. The standard InChI is InChI=1S/C18H13F3N6O4/c1-27(13-12(14(28)15(13)29)23-5-11-7-30-8-24-11)6-10-3-2-9(4-22-10)16-25-17(31-26-16)18(19,20)21/h2-4,7-8,23H,5-6H2,1H3. The number of alkyl halides is 3. The van der Waals surface area contributed by atoms with Crippen LogP contribution in [0.2, 0.25) is 0 Å². The molecule has 0 amide bonds. The molecule has 3 heterocycles. The molecule has 0 spiro atoms. The Morgan fingerprint density at radius 2 is 1.94 bits per heavy atom. The molecule has 31 heavy (non-hydrogen) atoms. The molecule has 0 aliphatic carbocycles. The Bertz CT molecular complexity index is 1260. The first-order valence-corrected chi connectivity index (χ1v) is 8.75. The number of oxazole rings is 1. The molecular weight excluding hydrogens is 421 g/mol. The molecule has 13 heteroatoms. The monoisotopic (exact) mass is 434 g/mol. The summed E-state index contributed by atoms with van der Waals surface area (Å²) in [7, 11) is 1.61. The van der Waals surface area contributed by atoms with Gasteiger partial charge in [0.1, 0.15) is 17.6 Å². The van der Waals surface area contributed by atoms with Gasteiger partial charge in [0, 0.05) is 18.8 Å². The quantitative estimate of drug-likeness (QED) is 0.431. The van der Waals surface area contributed by atoms with Gasteiger partial charge in [0.25, 0.3) is 10.9 Å². The van der Waals surface area contributed by atoms with Crippen molar-refractivity contribution < 1.29 is 22.1 Å². The van der Waals surface area contributed by atoms with Crippen molar-refractivity contribution in [2.75, 3.05) is 17.3 Å². The topological polar surface area (TPSA) is 127 Å². The zero-order chi connectivity index (χ0) is 22.2. The molecule has 0 saturated carbocycles. The smallest absolute Gasteiger partial charge is 0.451 e. The van der Waals surface area contributed by atoms with Gasteiger partial charge in [-0.1, -0.05) is 5.16 Å². The second kappa shape index (κ2) is 7.66. The van der Waals surface area contributed by atoms with E-state index in [2.05, 4.69) is 29.9 Å². The molecule has 1 aromatic carbocycles. The molecule has 3 aromatic heterocycles. The van der Waals surface area contributed by atoms with Crippen LogP contribution >= 0.6 is 0 Å². The number of rotatable bonds is 7. The van der Waals surface area contributed by atoms with Crippen LogP contribution in [0.15, 0.2) is 49.5 Å². The Morgan fingerprint density at radius 1 is 1.13 bits per heavy atom. The maximum absolute atomic E-state index is 12.6. The number of pyridine rings is 1. The summed E-state index contributed by atoms with van der Waals surface area (Å²) in [5.74, 6) is -1.70. The van der Waals surface area contributed by atoms with Crippen molar-refractivity contribution >= 4 is 11.4 Å². The second-order valence-corrected chi connectivity index (χ2v) is 6.53. The molecule has 1 N–H and O–H groups in total. The predicted octanol–water partition coefficient (Wildman–Crippen LogP) is 1.98. The van der Waals surface area contributed by atoms with Crippen molar-refractivity contribution in [1.82, 2.24) is 20.1 Å². The molecule has 4 rings (SSSR count). The third-order valence-electron chi connectivity index (χ3n) is 4.35. The number of nitrogens with one attached hydrogen (secondary N) is 1. The van der Waals surface area contributed by atoms with E-state index in [4.69, 9.17) is 4.42 Å². The summed E-state index contributed by atoms with van der Waals surface area (Å²) < 4.78 is 46.8. The molecule has 10 nitrogen and oxygen atoms in total. The first-order valence-electron chi connectivity index (χ1n) is 8.75. The van der Waals surface area contributed by atoms with Crippen LogP contribution in [-0.4, -0.2) is 27.2 Å². The van der Waals surface area contributed by atoms with Gasteiger partial charge in [-0.3, -0.25) is 14.6 Å². The summed E-state index contributed by atoms with van der Waals surface area (Å²) in [6, 6.07) is 3.02. The minimum Gasteiger partial charge on any atom is -0.451 e. The van der Waals surface area contributed by atoms with Crippen molar-refractivity contribution in [3.8, 4) is 11.4 Å². The van der Waals surface area contributed by atoms with Gasteiger partial charge in [0.2, 0.25) is 5.82 Å². The molecule has 0 radical (unpaired) electrons. The van der Waals surface area contributed by atoms with Crippen LogP contribution < -0.4 is 21.1 Å². The Labute approximate surface area is 171 Å². The van der Waals surface area contributed by atoms with E-state index in [-0.39, 0.29) is 35.9 Å². The van der Waals surface area contributed by atoms with Gasteiger partial charge in [-0.05, 0) is 12.1 Å². The van der Waals surface area contributed by atoms with E-state index in [0.29, 0.717) is 11.4 Å². The van der Waals surface area contributed by atoms with Gasteiger partial charge in [-0.2, -0.15) is 18.2 Å². The van der Waals surface area contributed by atoms with Crippen LogP contribution in [-0.2, 0) is 19.3 Å². The Hall–Kier alpha value is -4.03. The van der Waals surface area contributed by atoms with Gasteiger partial charge >= 0.3 is 12.1 Å². The molecule has 0 aliphatic heterocycles. The first kappa shape index (κ1) is 20.3. The molecule has 0 fully saturated rings. The first-order chi connectivity index (χ1) is 14.7. The highest BCUT2D eigenvalue weighted by molar-refractivity contribution is 5.75. The molecule has 0 atom stereocenters. The highest BCUT2D eigenvalue weighted by Gasteiger charge is 2.38. The SMILES string of the molecule is CN(Cc1ccc(-c2noc(C(F)(F)F)n2)cn1)c1c(NCc2cocn2)c(=O)c1=O. The summed E-state index contributed by atoms with van der Waals surface area (Å²) in [5, 5.41) is 6.17. The fraction of sp³-hybridized carbons (Fsp3) is 0.222. The van der Waals surface area contributed by atoms with Crippen LogP contribution in [0.25, 0.3) is 11.4 Å². The van der Waals surface area contributed by atoms with E-state index in [1.165, 1.54) is 24.9 Å². The molecule has 0 aliphatic rings. The lowest BCUT2D eigenvalue weighted by Gasteiger charge is -2.23. The van der Waals surface area contributed by atoms with E-state index in [1.54, 1.807) is 18.0 Å². The second-order valence-electron chi connectivity index (χ2n) is 6.53. The van der Waals surface area contributed by atoms with Crippen molar-refractivity contribution in [3.63, 3.8) is 0 Å². The summed E-state index contributed by atoms with van der Waals surface area (Å²) in [6.07, 6.45) is -0.782. The van der Waals surface area contributed by atoms with Crippen molar-refractivity contribution in [3.05, 3.63) is 68.7 Å². The number of halogens is 3. The number of nitrogens with zero attached hydrogens (tertiary/aromatic N) is 5. The van der Waals surface area contributed by atoms with E-state index in [1.807, 2.05) is 0 Å². The lowest BCUT2D eigenvalue weighted by molar-refractivity contribution is -0.159. The largest absolute Gasteiger partial charge is 0.471 e. The maximum atomic E-state index is 12.6. The molecule has 0 saturated heterocycles. The molecule has 0 unspecified atom stereocenters. The van der Waals surface area contributed by atoms with Crippen molar-refractivity contribution in [2.45, 2.75) is 19.3 Å². The van der Waals surface area contributed by atoms with E-state index < -0.39 is 22.9 Å². The minimum atomic E-state index is -4.73. The number of aromatic nitrogens is 4. The van der Waals surface area contributed by atoms with Crippen LogP contribution in [0.5, 0.6) is 0 Å². The zero-order valence-corrected chi connectivity index (χ0v) is 15.8. The van der Waals surface area contributed by atoms with E-state index >= 15 is 0 Å². The van der Waals surface area contributed by atoms with Gasteiger partial charge in [-0.25, -0.2) is 4.98 Å². The fourth-order valence-electron chi connectivity index (χ4n) is 2.84. The third-order valence-corrected chi connectivity index (χ3v) is 4.35. The van der Waals surface area contributed by atoms with E-state index in [9.17, 15) is 22.8 Å². The molecule has 4 aromatic rings. The fourth-order valence-corrected chi connectivity index (χ4v) is 2.84. The lowest BCUT2D eigenvalue weighted by atomic mass is 10.1. The van der Waals surface area contributed by atoms with Crippen LogP contribution in [0, 0.1) is 0 Å². The van der Waals surface area contributed by atoms with Gasteiger partial charge in [0.15, 0.2) is 6.39 Å². The van der Waals surface area contributed by atoms with Gasteiger partial charge < -0.3 is 19.2 Å². The minimum absolute atomic E-state index is 0.165. The lowest BCUT2D eigenvalue weighted by Crippen LogP contribution is -2.41. The molecule has 160 valence electrons. The molecular formula is C18H13F3N6O4. The summed E-state index contributed by atoms with van der Waals surface area (Å²) in [5.41, 5.74) is 0.399. The van der Waals surface area contributed by atoms with Crippen molar-refractivity contribution in [2.24, 2.45) is 0 Å².